The minimum Gasteiger partial charge on any atom is -0.329 e. The number of nitrogens with one attached hydrogen (secondary N) is 2. The first-order valence-corrected chi connectivity index (χ1v) is 8.58. The van der Waals surface area contributed by atoms with Gasteiger partial charge < -0.3 is 15.5 Å². The van der Waals surface area contributed by atoms with Gasteiger partial charge in [0.25, 0.3) is 0 Å². The number of hydrogen-bond acceptors (Lipinski definition) is 3. The number of urea groups is 1. The van der Waals surface area contributed by atoms with Crippen LogP contribution in [-0.4, -0.2) is 39.7 Å². The molecule has 0 radical (unpaired) electrons. The predicted molar refractivity (Wildman–Crippen MR) is 95.1 cm³/mol. The third-order valence-electron chi connectivity index (χ3n) is 4.24. The lowest BCUT2D eigenvalue weighted by Gasteiger charge is -2.28. The Morgan fingerprint density at radius 1 is 1.20 bits per heavy atom. The molecule has 132 valence electrons. The van der Waals surface area contributed by atoms with Gasteiger partial charge in [-0.05, 0) is 24.0 Å². The van der Waals surface area contributed by atoms with E-state index in [1.807, 2.05) is 25.1 Å². The second-order valence-corrected chi connectivity index (χ2v) is 6.09. The molecule has 0 spiro atoms. The average Bonchev–Trinajstić information content (AvgIpc) is 3.06. The van der Waals surface area contributed by atoms with E-state index >= 15 is 0 Å². The van der Waals surface area contributed by atoms with E-state index in [2.05, 4.69) is 21.8 Å². The molecule has 3 rings (SSSR count). The number of carbonyl (C=O) groups is 2. The van der Waals surface area contributed by atoms with Crippen molar-refractivity contribution in [3.8, 4) is 0 Å². The predicted octanol–water partition coefficient (Wildman–Crippen LogP) is 2.00. The van der Waals surface area contributed by atoms with Crippen LogP contribution in [0.4, 0.5) is 10.6 Å². The van der Waals surface area contributed by atoms with Gasteiger partial charge in [0.15, 0.2) is 0 Å². The number of aryl methyl sites for hydroxylation is 1. The van der Waals surface area contributed by atoms with Crippen molar-refractivity contribution in [3.63, 3.8) is 0 Å². The molecular formula is C18H23N5O2. The highest BCUT2D eigenvalue weighted by molar-refractivity contribution is 5.93. The largest absolute Gasteiger partial charge is 0.329 e. The van der Waals surface area contributed by atoms with Crippen LogP contribution < -0.4 is 10.6 Å². The molecular weight excluding hydrogens is 318 g/mol. The van der Waals surface area contributed by atoms with Crippen molar-refractivity contribution in [2.24, 2.45) is 0 Å². The molecule has 2 N–H and O–H groups in total. The van der Waals surface area contributed by atoms with E-state index < -0.39 is 0 Å². The van der Waals surface area contributed by atoms with E-state index in [-0.39, 0.29) is 18.5 Å². The first-order chi connectivity index (χ1) is 12.2. The molecule has 0 fully saturated rings. The number of aromatic nitrogens is 2. The number of benzene rings is 1. The highest BCUT2D eigenvalue weighted by atomic mass is 16.2. The summed E-state index contributed by atoms with van der Waals surface area (Å²) in [4.78, 5) is 26.1. The van der Waals surface area contributed by atoms with Gasteiger partial charge in [-0.25, -0.2) is 9.48 Å². The standard InChI is InChI=1S/C18H23N5O2/c1-2-10-23-16(7-9-20-23)21-17(24)12-19-18(25)22-11-8-14-5-3-4-6-15(14)13-22/h3-7,9H,2,8,10-13H2,1H3,(H,19,25)(H,21,24). The van der Waals surface area contributed by atoms with Crippen LogP contribution in [0.2, 0.25) is 0 Å². The van der Waals surface area contributed by atoms with Crippen LogP contribution in [0.25, 0.3) is 0 Å². The van der Waals surface area contributed by atoms with Crippen molar-refractivity contribution < 1.29 is 9.59 Å². The highest BCUT2D eigenvalue weighted by Crippen LogP contribution is 2.18. The summed E-state index contributed by atoms with van der Waals surface area (Å²) >= 11 is 0. The number of hydrogen-bond donors (Lipinski definition) is 2. The lowest BCUT2D eigenvalue weighted by atomic mass is 10.0. The summed E-state index contributed by atoms with van der Waals surface area (Å²) in [7, 11) is 0. The molecule has 0 saturated heterocycles. The number of nitrogens with zero attached hydrogens (tertiary/aromatic N) is 3. The van der Waals surface area contributed by atoms with Crippen LogP contribution in [0.15, 0.2) is 36.5 Å². The Hall–Kier alpha value is -2.83. The lowest BCUT2D eigenvalue weighted by molar-refractivity contribution is -0.115. The van der Waals surface area contributed by atoms with Gasteiger partial charge in [-0.3, -0.25) is 4.79 Å². The zero-order valence-corrected chi connectivity index (χ0v) is 14.4. The smallest absolute Gasteiger partial charge is 0.318 e. The summed E-state index contributed by atoms with van der Waals surface area (Å²) < 4.78 is 1.74. The maximum Gasteiger partial charge on any atom is 0.318 e. The van der Waals surface area contributed by atoms with E-state index in [9.17, 15) is 9.59 Å². The van der Waals surface area contributed by atoms with E-state index in [4.69, 9.17) is 0 Å². The first-order valence-electron chi connectivity index (χ1n) is 8.58. The van der Waals surface area contributed by atoms with Crippen molar-refractivity contribution in [1.82, 2.24) is 20.0 Å². The fraction of sp³-hybridized carbons (Fsp3) is 0.389. The van der Waals surface area contributed by atoms with Gasteiger partial charge in [0.2, 0.25) is 5.91 Å². The first kappa shape index (κ1) is 17.0. The summed E-state index contributed by atoms with van der Waals surface area (Å²) in [6.45, 7) is 3.96. The molecule has 1 aromatic heterocycles. The van der Waals surface area contributed by atoms with E-state index in [0.29, 0.717) is 18.9 Å². The third-order valence-corrected chi connectivity index (χ3v) is 4.24. The van der Waals surface area contributed by atoms with Crippen LogP contribution in [0.3, 0.4) is 0 Å². The molecule has 0 aliphatic carbocycles. The molecule has 2 heterocycles. The molecule has 25 heavy (non-hydrogen) atoms. The minimum atomic E-state index is -0.261. The van der Waals surface area contributed by atoms with Gasteiger partial charge in [-0.15, -0.1) is 0 Å². The molecule has 7 heteroatoms. The SMILES string of the molecule is CCCn1nccc1NC(=O)CNC(=O)N1CCc2ccccc2C1. The van der Waals surface area contributed by atoms with E-state index in [1.165, 1.54) is 5.56 Å². The Balaban J connectivity index is 1.49. The van der Waals surface area contributed by atoms with Crippen molar-refractivity contribution >= 4 is 17.8 Å². The highest BCUT2D eigenvalue weighted by Gasteiger charge is 2.20. The Morgan fingerprint density at radius 2 is 2.00 bits per heavy atom. The molecule has 3 amide bonds. The van der Waals surface area contributed by atoms with Crippen LogP contribution >= 0.6 is 0 Å². The topological polar surface area (TPSA) is 79.3 Å². The fourth-order valence-corrected chi connectivity index (χ4v) is 2.95. The summed E-state index contributed by atoms with van der Waals surface area (Å²) in [5, 5.41) is 9.63. The molecule has 0 unspecified atom stereocenters. The summed E-state index contributed by atoms with van der Waals surface area (Å²) in [5.74, 6) is 0.386. The third kappa shape index (κ3) is 4.17. The molecule has 7 nitrogen and oxygen atoms in total. The number of fused-ring (bicyclic) bond motifs is 1. The molecule has 1 aliphatic heterocycles. The number of anilines is 1. The monoisotopic (exact) mass is 341 g/mol. The van der Waals surface area contributed by atoms with Crippen molar-refractivity contribution in [2.75, 3.05) is 18.4 Å². The molecule has 2 aromatic rings. The van der Waals surface area contributed by atoms with Gasteiger partial charge in [-0.1, -0.05) is 31.2 Å². The zero-order chi connectivity index (χ0) is 17.6. The molecule has 0 atom stereocenters. The fourth-order valence-electron chi connectivity index (χ4n) is 2.95. The van der Waals surface area contributed by atoms with Crippen molar-refractivity contribution in [1.29, 1.82) is 0 Å². The Bertz CT molecular complexity index is 755. The number of rotatable bonds is 5. The maximum atomic E-state index is 12.3. The molecule has 1 aromatic carbocycles. The van der Waals surface area contributed by atoms with Crippen LogP contribution in [0, 0.1) is 0 Å². The van der Waals surface area contributed by atoms with Crippen LogP contribution in [0.5, 0.6) is 0 Å². The quantitative estimate of drug-likeness (QED) is 0.873. The lowest BCUT2D eigenvalue weighted by Crippen LogP contribution is -2.45. The van der Waals surface area contributed by atoms with Gasteiger partial charge in [0.1, 0.15) is 5.82 Å². The Labute approximate surface area is 147 Å². The maximum absolute atomic E-state index is 12.3. The molecule has 0 bridgehead atoms. The van der Waals surface area contributed by atoms with Crippen molar-refractivity contribution in [3.05, 3.63) is 47.7 Å². The zero-order valence-electron chi connectivity index (χ0n) is 14.4. The number of carbonyl (C=O) groups excluding carboxylic acids is 2. The second-order valence-electron chi connectivity index (χ2n) is 6.09. The Kier molecular flexibility index (Phi) is 5.33. The van der Waals surface area contributed by atoms with Crippen molar-refractivity contribution in [2.45, 2.75) is 32.9 Å². The summed E-state index contributed by atoms with van der Waals surface area (Å²) in [5.41, 5.74) is 2.45. The van der Waals surface area contributed by atoms with E-state index in [1.54, 1.807) is 21.8 Å². The van der Waals surface area contributed by atoms with Crippen LogP contribution in [-0.2, 0) is 24.3 Å². The summed E-state index contributed by atoms with van der Waals surface area (Å²) in [6, 6.07) is 9.66. The number of amides is 3. The van der Waals surface area contributed by atoms with E-state index in [0.717, 1.165) is 24.9 Å². The molecule has 0 saturated carbocycles. The van der Waals surface area contributed by atoms with Gasteiger partial charge in [-0.2, -0.15) is 5.10 Å². The van der Waals surface area contributed by atoms with Gasteiger partial charge >= 0.3 is 6.03 Å². The second kappa shape index (κ2) is 7.83. The normalized spacial score (nSPS) is 13.2. The van der Waals surface area contributed by atoms with Gasteiger partial charge in [0.05, 0.1) is 12.7 Å². The van der Waals surface area contributed by atoms with Gasteiger partial charge in [0, 0.05) is 25.7 Å². The summed E-state index contributed by atoms with van der Waals surface area (Å²) in [6.07, 6.45) is 3.42. The Morgan fingerprint density at radius 3 is 2.80 bits per heavy atom. The average molecular weight is 341 g/mol. The molecule has 1 aliphatic rings. The minimum absolute atomic E-state index is 0.0612. The van der Waals surface area contributed by atoms with Crippen LogP contribution in [0.1, 0.15) is 24.5 Å².